The maximum Gasteiger partial charge on any atom is 0.222 e. The largest absolute Gasteiger partial charge is 0.340 e. The third kappa shape index (κ3) is 4.13. The summed E-state index contributed by atoms with van der Waals surface area (Å²) in [6.45, 7) is 1.93. The number of rotatable bonds is 3. The molecule has 0 saturated carbocycles. The number of amides is 1. The maximum atomic E-state index is 12.4. The Hall–Kier alpha value is -0.370. The third-order valence-corrected chi connectivity index (χ3v) is 6.40. The molecule has 1 amide bonds. The van der Waals surface area contributed by atoms with Gasteiger partial charge in [-0.15, -0.1) is 12.4 Å². The van der Waals surface area contributed by atoms with Crippen molar-refractivity contribution in [1.29, 1.82) is 0 Å². The van der Waals surface area contributed by atoms with E-state index in [1.54, 1.807) is 0 Å². The van der Waals surface area contributed by atoms with Crippen LogP contribution in [0.15, 0.2) is 0 Å². The molecule has 3 aliphatic rings. The van der Waals surface area contributed by atoms with E-state index >= 15 is 0 Å². The van der Waals surface area contributed by atoms with E-state index < -0.39 is 10.0 Å². The zero-order valence-corrected chi connectivity index (χ0v) is 14.7. The van der Waals surface area contributed by atoms with Gasteiger partial charge in [0.15, 0.2) is 0 Å². The fourth-order valence-electron chi connectivity index (χ4n) is 3.99. The van der Waals surface area contributed by atoms with Crippen LogP contribution in [0, 0.1) is 5.92 Å². The Labute approximate surface area is 139 Å². The average molecular weight is 352 g/mol. The first-order valence-corrected chi connectivity index (χ1v) is 9.75. The summed E-state index contributed by atoms with van der Waals surface area (Å²) in [6, 6.07) is 1.23. The summed E-state index contributed by atoms with van der Waals surface area (Å²) in [5.74, 6) is 0.707. The number of carbonyl (C=O) groups excluding carboxylic acids is 1. The Balaban J connectivity index is 0.00000176. The standard InChI is InChI=1S/C14H25N3O3S.ClH/c1-21(19,20)17-6-4-16(5-7-17)14(18)10-11-8-12-2-3-13(9-11)15-12;/h11-13,15H,2-10H2,1H3;1H. The van der Waals surface area contributed by atoms with Crippen molar-refractivity contribution in [3.05, 3.63) is 0 Å². The van der Waals surface area contributed by atoms with Crippen molar-refractivity contribution in [2.24, 2.45) is 5.92 Å². The maximum absolute atomic E-state index is 12.4. The Morgan fingerprint density at radius 2 is 1.64 bits per heavy atom. The van der Waals surface area contributed by atoms with Crippen LogP contribution in [-0.2, 0) is 14.8 Å². The molecule has 0 aliphatic carbocycles. The number of hydrogen-bond donors (Lipinski definition) is 1. The Bertz CT molecular complexity index is 493. The number of piperazine rings is 1. The summed E-state index contributed by atoms with van der Waals surface area (Å²) in [5.41, 5.74) is 0. The van der Waals surface area contributed by atoms with E-state index in [0.29, 0.717) is 50.6 Å². The number of fused-ring (bicyclic) bond motifs is 2. The van der Waals surface area contributed by atoms with Crippen molar-refractivity contribution in [2.45, 2.75) is 44.2 Å². The van der Waals surface area contributed by atoms with Gasteiger partial charge < -0.3 is 10.2 Å². The Morgan fingerprint density at radius 1 is 1.09 bits per heavy atom. The molecule has 6 nitrogen and oxygen atoms in total. The van der Waals surface area contributed by atoms with Crippen molar-refractivity contribution >= 4 is 28.3 Å². The highest BCUT2D eigenvalue weighted by Gasteiger charge is 2.35. The summed E-state index contributed by atoms with van der Waals surface area (Å²) < 4.78 is 24.4. The summed E-state index contributed by atoms with van der Waals surface area (Å²) in [4.78, 5) is 14.2. The van der Waals surface area contributed by atoms with Crippen LogP contribution in [0.4, 0.5) is 0 Å². The zero-order chi connectivity index (χ0) is 15.0. The minimum Gasteiger partial charge on any atom is -0.340 e. The molecule has 0 radical (unpaired) electrons. The molecule has 0 spiro atoms. The third-order valence-electron chi connectivity index (χ3n) is 5.09. The van der Waals surface area contributed by atoms with Gasteiger partial charge in [0.1, 0.15) is 0 Å². The predicted octanol–water partition coefficient (Wildman–Crippen LogP) is 0.433. The smallest absolute Gasteiger partial charge is 0.222 e. The zero-order valence-electron chi connectivity index (χ0n) is 13.0. The number of nitrogens with zero attached hydrogens (tertiary/aromatic N) is 2. The van der Waals surface area contributed by atoms with Gasteiger partial charge in [-0.2, -0.15) is 4.31 Å². The lowest BCUT2D eigenvalue weighted by atomic mass is 9.89. The molecule has 22 heavy (non-hydrogen) atoms. The molecule has 2 atom stereocenters. The number of carbonyl (C=O) groups is 1. The normalized spacial score (nSPS) is 32.6. The van der Waals surface area contributed by atoms with Gasteiger partial charge in [0.05, 0.1) is 6.26 Å². The van der Waals surface area contributed by atoms with Crippen LogP contribution in [0.25, 0.3) is 0 Å². The van der Waals surface area contributed by atoms with Gasteiger partial charge in [-0.05, 0) is 31.6 Å². The minimum absolute atomic E-state index is 0. The molecule has 8 heteroatoms. The van der Waals surface area contributed by atoms with Gasteiger partial charge in [-0.3, -0.25) is 4.79 Å². The summed E-state index contributed by atoms with van der Waals surface area (Å²) in [6.07, 6.45) is 6.60. The van der Waals surface area contributed by atoms with E-state index in [-0.39, 0.29) is 18.3 Å². The van der Waals surface area contributed by atoms with Crippen LogP contribution in [-0.4, -0.2) is 68.0 Å². The van der Waals surface area contributed by atoms with Crippen molar-refractivity contribution in [2.75, 3.05) is 32.4 Å². The highest BCUT2D eigenvalue weighted by atomic mass is 35.5. The molecule has 3 aliphatic heterocycles. The molecule has 128 valence electrons. The van der Waals surface area contributed by atoms with E-state index in [1.165, 1.54) is 23.4 Å². The van der Waals surface area contributed by atoms with Gasteiger partial charge in [0.25, 0.3) is 0 Å². The SMILES string of the molecule is CS(=O)(=O)N1CCN(C(=O)CC2CC3CCC(C2)N3)CC1.Cl. The van der Waals surface area contributed by atoms with Gasteiger partial charge in [-0.25, -0.2) is 8.42 Å². The lowest BCUT2D eigenvalue weighted by molar-refractivity contribution is -0.133. The quantitative estimate of drug-likeness (QED) is 0.800. The van der Waals surface area contributed by atoms with E-state index in [1.807, 2.05) is 4.90 Å². The second-order valence-electron chi connectivity index (χ2n) is 6.72. The van der Waals surface area contributed by atoms with Crippen LogP contribution < -0.4 is 5.32 Å². The fourth-order valence-corrected chi connectivity index (χ4v) is 4.81. The van der Waals surface area contributed by atoms with Crippen molar-refractivity contribution in [3.8, 4) is 0 Å². The molecule has 2 unspecified atom stereocenters. The van der Waals surface area contributed by atoms with E-state index in [2.05, 4.69) is 5.32 Å². The van der Waals surface area contributed by atoms with E-state index in [0.717, 1.165) is 12.8 Å². The molecule has 0 aromatic rings. The molecule has 1 N–H and O–H groups in total. The number of sulfonamides is 1. The molecule has 3 fully saturated rings. The van der Waals surface area contributed by atoms with Crippen LogP contribution in [0.1, 0.15) is 32.1 Å². The number of hydrogen-bond acceptors (Lipinski definition) is 4. The molecule has 0 aromatic carbocycles. The summed E-state index contributed by atoms with van der Waals surface area (Å²) in [5, 5.41) is 3.60. The first kappa shape index (κ1) is 18.0. The van der Waals surface area contributed by atoms with Gasteiger partial charge >= 0.3 is 0 Å². The van der Waals surface area contributed by atoms with E-state index in [4.69, 9.17) is 0 Å². The number of piperidine rings is 1. The second kappa shape index (κ2) is 7.03. The van der Waals surface area contributed by atoms with Gasteiger partial charge in [-0.1, -0.05) is 0 Å². The van der Waals surface area contributed by atoms with Crippen LogP contribution in [0.2, 0.25) is 0 Å². The average Bonchev–Trinajstić information content (AvgIpc) is 2.77. The number of halogens is 1. The van der Waals surface area contributed by atoms with Gasteiger partial charge in [0.2, 0.25) is 15.9 Å². The minimum atomic E-state index is -3.12. The lowest BCUT2D eigenvalue weighted by Gasteiger charge is -2.35. The fraction of sp³-hybridized carbons (Fsp3) is 0.929. The Kier molecular flexibility index (Phi) is 5.74. The second-order valence-corrected chi connectivity index (χ2v) is 8.70. The molecular weight excluding hydrogens is 326 g/mol. The molecule has 3 saturated heterocycles. The summed E-state index contributed by atoms with van der Waals surface area (Å²) >= 11 is 0. The lowest BCUT2D eigenvalue weighted by Crippen LogP contribution is -2.50. The first-order valence-electron chi connectivity index (χ1n) is 7.91. The summed E-state index contributed by atoms with van der Waals surface area (Å²) in [7, 11) is -3.12. The molecule has 2 bridgehead atoms. The Morgan fingerprint density at radius 3 is 2.14 bits per heavy atom. The van der Waals surface area contributed by atoms with Crippen LogP contribution in [0.5, 0.6) is 0 Å². The van der Waals surface area contributed by atoms with Crippen molar-refractivity contribution < 1.29 is 13.2 Å². The first-order chi connectivity index (χ1) is 9.91. The highest BCUT2D eigenvalue weighted by Crippen LogP contribution is 2.33. The van der Waals surface area contributed by atoms with Gasteiger partial charge in [0, 0.05) is 44.7 Å². The number of nitrogens with one attached hydrogen (secondary N) is 1. The molecule has 3 rings (SSSR count). The topological polar surface area (TPSA) is 69.7 Å². The highest BCUT2D eigenvalue weighted by molar-refractivity contribution is 7.88. The van der Waals surface area contributed by atoms with Crippen LogP contribution >= 0.6 is 12.4 Å². The predicted molar refractivity (Wildman–Crippen MR) is 87.5 cm³/mol. The van der Waals surface area contributed by atoms with Crippen LogP contribution in [0.3, 0.4) is 0 Å². The molecular formula is C14H26ClN3O3S. The van der Waals surface area contributed by atoms with Crippen molar-refractivity contribution in [1.82, 2.24) is 14.5 Å². The molecule has 3 heterocycles. The monoisotopic (exact) mass is 351 g/mol. The van der Waals surface area contributed by atoms with Crippen molar-refractivity contribution in [3.63, 3.8) is 0 Å². The van der Waals surface area contributed by atoms with E-state index in [9.17, 15) is 13.2 Å². The molecule has 0 aromatic heterocycles.